The van der Waals surface area contributed by atoms with Gasteiger partial charge in [-0.15, -0.1) is 0 Å². The van der Waals surface area contributed by atoms with Gasteiger partial charge in [0.2, 0.25) is 0 Å². The molecule has 40 heavy (non-hydrogen) atoms. The van der Waals surface area contributed by atoms with Crippen molar-refractivity contribution in [2.45, 2.75) is 0 Å². The van der Waals surface area contributed by atoms with Crippen LogP contribution in [0.25, 0.3) is 11.4 Å². The van der Waals surface area contributed by atoms with Crippen molar-refractivity contribution in [3.05, 3.63) is 140 Å². The summed E-state index contributed by atoms with van der Waals surface area (Å²) in [6, 6.07) is 27.7. The molecule has 0 spiro atoms. The van der Waals surface area contributed by atoms with Crippen LogP contribution in [0.1, 0.15) is 11.1 Å². The quantitative estimate of drug-likeness (QED) is 0.262. The molecule has 0 radical (unpaired) electrons. The smallest absolute Gasteiger partial charge is 0.288 e. The average Bonchev–Trinajstić information content (AvgIpc) is 2.99. The van der Waals surface area contributed by atoms with Crippen LogP contribution < -0.4 is 33.2 Å². The molecule has 0 bridgehead atoms. The summed E-state index contributed by atoms with van der Waals surface area (Å²) < 4.78 is 4.36. The second-order valence-corrected chi connectivity index (χ2v) is 8.45. The van der Waals surface area contributed by atoms with Gasteiger partial charge in [0, 0.05) is 12.4 Å². The van der Waals surface area contributed by atoms with E-state index in [1.165, 1.54) is 21.5 Å². The topological polar surface area (TPSA) is 173 Å². The van der Waals surface area contributed by atoms with Gasteiger partial charge in [-0.2, -0.15) is 19.9 Å². The van der Waals surface area contributed by atoms with Crippen LogP contribution in [0.2, 0.25) is 0 Å². The summed E-state index contributed by atoms with van der Waals surface area (Å²) in [5.41, 5.74) is 5.64. The second kappa shape index (κ2) is 10.5. The molecule has 5 rings (SSSR count). The van der Waals surface area contributed by atoms with E-state index in [1.54, 1.807) is 72.8 Å². The van der Waals surface area contributed by atoms with Gasteiger partial charge in [0.25, 0.3) is 0 Å². The van der Waals surface area contributed by atoms with Crippen molar-refractivity contribution in [1.29, 1.82) is 21.3 Å². The van der Waals surface area contributed by atoms with Gasteiger partial charge in [0.15, 0.2) is 11.0 Å². The normalized spacial score (nSPS) is 10.3. The van der Waals surface area contributed by atoms with Crippen LogP contribution in [0, 0.1) is 33.5 Å². The fourth-order valence-corrected chi connectivity index (χ4v) is 3.94. The van der Waals surface area contributed by atoms with E-state index in [-0.39, 0.29) is 22.1 Å². The van der Waals surface area contributed by atoms with Crippen LogP contribution in [0.15, 0.2) is 107 Å². The summed E-state index contributed by atoms with van der Waals surface area (Å²) in [7, 11) is 0. The molecule has 2 heterocycles. The average molecular weight is 529 g/mol. The molecule has 0 amide bonds. The predicted molar refractivity (Wildman–Crippen MR) is 146 cm³/mol. The number of para-hydroxylation sites is 2. The fourth-order valence-electron chi connectivity index (χ4n) is 3.94. The number of rotatable bonds is 6. The highest BCUT2D eigenvalue weighted by atomic mass is 16.2. The molecule has 12 nitrogen and oxygen atoms in total. The Morgan fingerprint density at radius 1 is 0.575 bits per heavy atom. The molecule has 0 saturated carbocycles. The molecule has 194 valence electrons. The molecule has 0 aliphatic heterocycles. The van der Waals surface area contributed by atoms with E-state index in [0.29, 0.717) is 22.7 Å². The monoisotopic (exact) mass is 528 g/mol. The van der Waals surface area contributed by atoms with Crippen molar-refractivity contribution < 1.29 is 0 Å². The molecule has 0 saturated heterocycles. The minimum atomic E-state index is -0.618. The van der Waals surface area contributed by atoms with Gasteiger partial charge in [0.1, 0.15) is 23.3 Å². The van der Waals surface area contributed by atoms with Gasteiger partial charge in [-0.1, -0.05) is 36.4 Å². The lowest BCUT2D eigenvalue weighted by molar-refractivity contribution is 0.720. The van der Waals surface area contributed by atoms with Crippen molar-refractivity contribution >= 4 is 11.4 Å². The number of anilines is 2. The van der Waals surface area contributed by atoms with Gasteiger partial charge in [-0.25, -0.2) is 9.59 Å². The molecular formula is C28H20N10O2. The molecule has 3 aromatic carbocycles. The van der Waals surface area contributed by atoms with E-state index in [2.05, 4.69) is 10.9 Å². The maximum atomic E-state index is 13.3. The third kappa shape index (κ3) is 4.67. The highest BCUT2D eigenvalue weighted by Crippen LogP contribution is 2.12. The predicted octanol–water partition coefficient (Wildman–Crippen LogP) is 2.04. The fraction of sp³-hybridized carbons (Fsp3) is 0. The number of benzene rings is 3. The zero-order valence-electron chi connectivity index (χ0n) is 20.7. The standard InChI is InChI=1S/C28H20N10O2/c29-15-19-17-35(27(39)37(25(19)31)33-21-7-3-1-4-8-21)23-11-13-24(14-12-23)36-18-20(16-30)26(32)38(28(36)40)34-22-9-5-2-6-10-22/h1-14,17-18,31-34H. The van der Waals surface area contributed by atoms with Crippen LogP contribution in [-0.4, -0.2) is 18.5 Å². The summed E-state index contributed by atoms with van der Waals surface area (Å²) in [6.07, 6.45) is 2.55. The number of nitriles is 2. The Hall–Kier alpha value is -6.40. The van der Waals surface area contributed by atoms with E-state index in [4.69, 9.17) is 10.8 Å². The molecule has 0 fully saturated rings. The Balaban J connectivity index is 1.58. The van der Waals surface area contributed by atoms with E-state index < -0.39 is 11.4 Å². The van der Waals surface area contributed by atoms with Gasteiger partial charge in [-0.05, 0) is 48.5 Å². The van der Waals surface area contributed by atoms with Crippen LogP contribution in [0.4, 0.5) is 11.4 Å². The first kappa shape index (κ1) is 25.3. The Morgan fingerprint density at radius 2 is 0.925 bits per heavy atom. The van der Waals surface area contributed by atoms with Gasteiger partial charge in [0.05, 0.1) is 22.7 Å². The summed E-state index contributed by atoms with van der Waals surface area (Å²) in [6.45, 7) is 0. The van der Waals surface area contributed by atoms with Crippen molar-refractivity contribution in [2.75, 3.05) is 10.9 Å². The number of nitrogens with one attached hydrogen (secondary N) is 4. The molecule has 0 aliphatic rings. The third-order valence-electron chi connectivity index (χ3n) is 5.94. The van der Waals surface area contributed by atoms with Crippen molar-refractivity contribution in [3.8, 4) is 23.5 Å². The van der Waals surface area contributed by atoms with E-state index in [0.717, 1.165) is 9.35 Å². The zero-order valence-corrected chi connectivity index (χ0v) is 20.7. The van der Waals surface area contributed by atoms with E-state index >= 15 is 0 Å². The molecule has 0 atom stereocenters. The molecule has 4 N–H and O–H groups in total. The first-order valence-electron chi connectivity index (χ1n) is 11.8. The number of hydrogen-bond donors (Lipinski definition) is 4. The highest BCUT2D eigenvalue weighted by molar-refractivity contribution is 5.46. The lowest BCUT2D eigenvalue weighted by Crippen LogP contribution is -2.44. The number of nitrogens with zero attached hydrogens (tertiary/aromatic N) is 6. The van der Waals surface area contributed by atoms with Gasteiger partial charge >= 0.3 is 11.4 Å². The Kier molecular flexibility index (Phi) is 6.65. The van der Waals surface area contributed by atoms with Gasteiger partial charge < -0.3 is 0 Å². The van der Waals surface area contributed by atoms with Crippen molar-refractivity contribution in [2.24, 2.45) is 0 Å². The van der Waals surface area contributed by atoms with Crippen LogP contribution >= 0.6 is 0 Å². The zero-order chi connectivity index (χ0) is 28.2. The Bertz CT molecular complexity index is 1890. The van der Waals surface area contributed by atoms with E-state index in [9.17, 15) is 20.1 Å². The number of hydrogen-bond acceptors (Lipinski definition) is 8. The summed E-state index contributed by atoms with van der Waals surface area (Å²) in [5.74, 6) is 0. The van der Waals surface area contributed by atoms with Crippen LogP contribution in [-0.2, 0) is 0 Å². The molecule has 5 aromatic rings. The summed E-state index contributed by atoms with van der Waals surface area (Å²) >= 11 is 0. The minimum Gasteiger partial charge on any atom is -0.288 e. The van der Waals surface area contributed by atoms with Crippen molar-refractivity contribution in [3.63, 3.8) is 0 Å². The minimum absolute atomic E-state index is 0.0407. The lowest BCUT2D eigenvalue weighted by atomic mass is 10.2. The number of aromatic nitrogens is 4. The Morgan fingerprint density at radius 3 is 1.25 bits per heavy atom. The Labute approximate surface area is 226 Å². The first-order chi connectivity index (χ1) is 19.4. The first-order valence-corrected chi connectivity index (χ1v) is 11.8. The molecule has 0 unspecified atom stereocenters. The summed E-state index contributed by atoms with van der Waals surface area (Å²) in [4.78, 5) is 26.6. The van der Waals surface area contributed by atoms with Crippen molar-refractivity contribution in [1.82, 2.24) is 18.5 Å². The largest absolute Gasteiger partial charge is 0.353 e. The van der Waals surface area contributed by atoms with Gasteiger partial charge in [-0.3, -0.25) is 30.8 Å². The second-order valence-electron chi connectivity index (χ2n) is 8.45. The maximum Gasteiger partial charge on any atom is 0.353 e. The summed E-state index contributed by atoms with van der Waals surface area (Å²) in [5, 5.41) is 35.8. The third-order valence-corrected chi connectivity index (χ3v) is 5.94. The highest BCUT2D eigenvalue weighted by Gasteiger charge is 2.14. The SMILES string of the molecule is N#Cc1cn(-c2ccc(-n3cc(C#N)c(=N)n(Nc4ccccc4)c3=O)cc2)c(=O)n(Nc2ccccc2)c1=N. The maximum absolute atomic E-state index is 13.3. The lowest BCUT2D eigenvalue weighted by Gasteiger charge is -2.16. The van der Waals surface area contributed by atoms with Crippen LogP contribution in [0.5, 0.6) is 0 Å². The molecule has 12 heteroatoms. The molecule has 0 aliphatic carbocycles. The van der Waals surface area contributed by atoms with Crippen LogP contribution in [0.3, 0.4) is 0 Å². The van der Waals surface area contributed by atoms with E-state index in [1.807, 2.05) is 24.3 Å². The molecule has 2 aromatic heterocycles. The molecular weight excluding hydrogens is 508 g/mol.